The zero-order chi connectivity index (χ0) is 24.6. The Morgan fingerprint density at radius 2 is 1.94 bits per heavy atom. The van der Waals surface area contributed by atoms with E-state index in [2.05, 4.69) is 20.8 Å². The largest absolute Gasteiger partial charge is 0.550 e. The van der Waals surface area contributed by atoms with E-state index in [1.165, 1.54) is 0 Å². The lowest BCUT2D eigenvalue weighted by molar-refractivity contribution is -0.305. The van der Waals surface area contributed by atoms with E-state index in [0.29, 0.717) is 37.3 Å². The Balaban J connectivity index is 1.44. The van der Waals surface area contributed by atoms with Crippen molar-refractivity contribution in [1.82, 2.24) is 20.4 Å². The van der Waals surface area contributed by atoms with Gasteiger partial charge in [-0.05, 0) is 48.1 Å². The maximum Gasteiger partial charge on any atom is 0.251 e. The predicted octanol–water partition coefficient (Wildman–Crippen LogP) is 1.28. The van der Waals surface area contributed by atoms with Gasteiger partial charge in [-0.15, -0.1) is 0 Å². The normalized spacial score (nSPS) is 15.1. The molecule has 0 aliphatic carbocycles. The van der Waals surface area contributed by atoms with Gasteiger partial charge in [-0.2, -0.15) is 5.10 Å². The highest BCUT2D eigenvalue weighted by molar-refractivity contribution is 5.96. The van der Waals surface area contributed by atoms with Gasteiger partial charge in [0.15, 0.2) is 0 Å². The Hall–Kier alpha value is -4.14. The average molecular weight is 475 g/mol. The maximum absolute atomic E-state index is 13.1. The standard InChI is InChI=1S/C26H29N5O4/c32-24(33)14-23-26(35)31(12-10-18-5-2-1-3-6-18)17-21-9-8-20(13-22(21)30-23)25(34)27-11-4-7-19-15-28-29-16-19/h1-3,5-6,8-9,13,15-16,23,30H,4,7,10-12,14,17H2,(H,27,34)(H,28,29)(H,32,33)/p-1. The highest BCUT2D eigenvalue weighted by Crippen LogP contribution is 2.26. The molecule has 1 unspecified atom stereocenters. The first-order valence-corrected chi connectivity index (χ1v) is 11.7. The number of H-pyrrole nitrogens is 1. The molecule has 3 aromatic rings. The number of carbonyl (C=O) groups is 3. The average Bonchev–Trinajstić information content (AvgIpc) is 3.34. The Bertz CT molecular complexity index is 1160. The van der Waals surface area contributed by atoms with Crippen molar-refractivity contribution in [3.63, 3.8) is 0 Å². The molecular formula is C26H28N5O4-. The molecule has 1 atom stereocenters. The van der Waals surface area contributed by atoms with Gasteiger partial charge >= 0.3 is 0 Å². The van der Waals surface area contributed by atoms with E-state index in [1.54, 1.807) is 23.2 Å². The summed E-state index contributed by atoms with van der Waals surface area (Å²) in [4.78, 5) is 38.8. The van der Waals surface area contributed by atoms with Crippen molar-refractivity contribution in [2.75, 3.05) is 18.4 Å². The molecule has 2 heterocycles. The molecular weight excluding hydrogens is 446 g/mol. The Morgan fingerprint density at radius 3 is 2.69 bits per heavy atom. The molecule has 2 aromatic carbocycles. The van der Waals surface area contributed by atoms with Crippen molar-refractivity contribution in [1.29, 1.82) is 0 Å². The molecule has 1 aromatic heterocycles. The number of aryl methyl sites for hydroxylation is 1. The lowest BCUT2D eigenvalue weighted by atomic mass is 10.1. The first kappa shape index (κ1) is 24.0. The van der Waals surface area contributed by atoms with Crippen molar-refractivity contribution in [3.8, 4) is 0 Å². The molecule has 0 bridgehead atoms. The van der Waals surface area contributed by atoms with Crippen LogP contribution in [0.15, 0.2) is 60.9 Å². The van der Waals surface area contributed by atoms with Crippen LogP contribution in [0.1, 0.15) is 39.9 Å². The molecule has 9 heteroatoms. The summed E-state index contributed by atoms with van der Waals surface area (Å²) in [6, 6.07) is 14.1. The lowest BCUT2D eigenvalue weighted by Gasteiger charge is -2.25. The number of carbonyl (C=O) groups excluding carboxylic acids is 3. The SMILES string of the molecule is O=C([O-])CC1Nc2cc(C(=O)NCCCc3cn[nH]c3)ccc2CN(CCc2ccccc2)C1=O. The van der Waals surface area contributed by atoms with Gasteiger partial charge in [0.1, 0.15) is 6.04 Å². The minimum absolute atomic E-state index is 0.227. The molecule has 0 radical (unpaired) electrons. The monoisotopic (exact) mass is 474 g/mol. The summed E-state index contributed by atoms with van der Waals surface area (Å²) >= 11 is 0. The summed E-state index contributed by atoms with van der Waals surface area (Å²) in [7, 11) is 0. The molecule has 0 saturated carbocycles. The van der Waals surface area contributed by atoms with Crippen LogP contribution in [0.4, 0.5) is 5.69 Å². The molecule has 9 nitrogen and oxygen atoms in total. The van der Waals surface area contributed by atoms with Crippen molar-refractivity contribution in [2.24, 2.45) is 0 Å². The number of nitrogens with zero attached hydrogens (tertiary/aromatic N) is 2. The van der Waals surface area contributed by atoms with E-state index in [9.17, 15) is 19.5 Å². The van der Waals surface area contributed by atoms with Crippen LogP contribution in [0.5, 0.6) is 0 Å². The van der Waals surface area contributed by atoms with E-state index in [0.717, 1.165) is 29.5 Å². The van der Waals surface area contributed by atoms with Gasteiger partial charge in [-0.3, -0.25) is 14.7 Å². The van der Waals surface area contributed by atoms with Crippen LogP contribution >= 0.6 is 0 Å². The Morgan fingerprint density at radius 1 is 1.11 bits per heavy atom. The van der Waals surface area contributed by atoms with E-state index in [1.807, 2.05) is 42.6 Å². The van der Waals surface area contributed by atoms with Crippen LogP contribution in [-0.2, 0) is 29.0 Å². The van der Waals surface area contributed by atoms with Crippen LogP contribution in [0.2, 0.25) is 0 Å². The molecule has 2 amide bonds. The highest BCUT2D eigenvalue weighted by Gasteiger charge is 2.29. The fourth-order valence-electron chi connectivity index (χ4n) is 4.16. The van der Waals surface area contributed by atoms with E-state index in [-0.39, 0.29) is 11.8 Å². The fraction of sp³-hybridized carbons (Fsp3) is 0.308. The first-order chi connectivity index (χ1) is 17.0. The Labute approximate surface area is 203 Å². The second kappa shape index (κ2) is 11.3. The van der Waals surface area contributed by atoms with Crippen LogP contribution in [0.3, 0.4) is 0 Å². The van der Waals surface area contributed by atoms with Crippen molar-refractivity contribution >= 4 is 23.5 Å². The number of benzene rings is 2. The first-order valence-electron chi connectivity index (χ1n) is 11.7. The van der Waals surface area contributed by atoms with E-state index < -0.39 is 18.4 Å². The quantitative estimate of drug-likeness (QED) is 0.380. The van der Waals surface area contributed by atoms with Crippen molar-refractivity contribution in [2.45, 2.75) is 38.3 Å². The molecule has 0 spiro atoms. The number of hydrogen-bond acceptors (Lipinski definition) is 6. The number of amides is 2. The summed E-state index contributed by atoms with van der Waals surface area (Å²) in [5.41, 5.74) is 4.02. The number of aromatic amines is 1. The maximum atomic E-state index is 13.1. The molecule has 1 aliphatic rings. The third kappa shape index (κ3) is 6.47. The number of aromatic nitrogens is 2. The smallest absolute Gasteiger partial charge is 0.251 e. The minimum atomic E-state index is -1.31. The number of aliphatic carboxylic acids is 1. The molecule has 35 heavy (non-hydrogen) atoms. The molecule has 0 fully saturated rings. The van der Waals surface area contributed by atoms with Gasteiger partial charge in [0.25, 0.3) is 5.91 Å². The number of hydrogen-bond donors (Lipinski definition) is 3. The molecule has 1 aliphatic heterocycles. The number of rotatable bonds is 10. The molecule has 4 rings (SSSR count). The third-order valence-electron chi connectivity index (χ3n) is 6.04. The summed E-state index contributed by atoms with van der Waals surface area (Å²) in [6.07, 6.45) is 5.35. The predicted molar refractivity (Wildman–Crippen MR) is 128 cm³/mol. The van der Waals surface area contributed by atoms with Crippen LogP contribution < -0.4 is 15.7 Å². The number of carboxylic acid groups (broad SMARTS) is 1. The second-order valence-corrected chi connectivity index (χ2v) is 8.61. The number of carboxylic acids is 1. The van der Waals surface area contributed by atoms with Crippen LogP contribution in [0.25, 0.3) is 0 Å². The fourth-order valence-corrected chi connectivity index (χ4v) is 4.16. The van der Waals surface area contributed by atoms with Crippen LogP contribution in [0, 0.1) is 0 Å². The van der Waals surface area contributed by atoms with Crippen molar-refractivity contribution < 1.29 is 19.5 Å². The molecule has 0 saturated heterocycles. The van der Waals surface area contributed by atoms with Gasteiger partial charge in [0.2, 0.25) is 5.91 Å². The summed E-state index contributed by atoms with van der Waals surface area (Å²) in [5.74, 6) is -1.84. The molecule has 3 N–H and O–H groups in total. The lowest BCUT2D eigenvalue weighted by Crippen LogP contribution is -2.44. The minimum Gasteiger partial charge on any atom is -0.550 e. The summed E-state index contributed by atoms with van der Waals surface area (Å²) in [5, 5.41) is 24.0. The summed E-state index contributed by atoms with van der Waals surface area (Å²) < 4.78 is 0. The van der Waals surface area contributed by atoms with Gasteiger partial charge in [0, 0.05) is 49.5 Å². The van der Waals surface area contributed by atoms with E-state index in [4.69, 9.17) is 0 Å². The number of nitrogens with one attached hydrogen (secondary N) is 3. The zero-order valence-corrected chi connectivity index (χ0v) is 19.3. The van der Waals surface area contributed by atoms with Gasteiger partial charge in [-0.1, -0.05) is 36.4 Å². The molecule has 182 valence electrons. The topological polar surface area (TPSA) is 130 Å². The second-order valence-electron chi connectivity index (χ2n) is 8.61. The van der Waals surface area contributed by atoms with Crippen molar-refractivity contribution in [3.05, 3.63) is 83.2 Å². The van der Waals surface area contributed by atoms with Gasteiger partial charge in [0.05, 0.1) is 6.20 Å². The summed E-state index contributed by atoms with van der Waals surface area (Å²) in [6.45, 7) is 1.28. The van der Waals surface area contributed by atoms with Crippen LogP contribution in [-0.4, -0.2) is 52.0 Å². The number of fused-ring (bicyclic) bond motifs is 1. The van der Waals surface area contributed by atoms with Gasteiger partial charge in [-0.25, -0.2) is 0 Å². The van der Waals surface area contributed by atoms with E-state index >= 15 is 0 Å². The Kier molecular flexibility index (Phi) is 7.77. The number of anilines is 1. The zero-order valence-electron chi connectivity index (χ0n) is 19.3. The van der Waals surface area contributed by atoms with Gasteiger partial charge < -0.3 is 25.4 Å². The third-order valence-corrected chi connectivity index (χ3v) is 6.04. The highest BCUT2D eigenvalue weighted by atomic mass is 16.4.